The van der Waals surface area contributed by atoms with Crippen LogP contribution in [0.4, 0.5) is 4.79 Å². The number of halogens is 1. The first-order chi connectivity index (χ1) is 9.52. The second-order valence-corrected chi connectivity index (χ2v) is 4.99. The Morgan fingerprint density at radius 2 is 1.85 bits per heavy atom. The Hall–Kier alpha value is -2.21. The maximum absolute atomic E-state index is 12.1. The van der Waals surface area contributed by atoms with Gasteiger partial charge in [0.2, 0.25) is 0 Å². The van der Waals surface area contributed by atoms with E-state index in [1.54, 1.807) is 24.3 Å². The third kappa shape index (κ3) is 2.85. The van der Waals surface area contributed by atoms with Gasteiger partial charge in [-0.15, -0.1) is 6.58 Å². The number of hydrogen-bond acceptors (Lipinski definition) is 3. The normalized spacial score (nSPS) is 17.4. The highest BCUT2D eigenvalue weighted by Gasteiger charge is 2.34. The molecule has 0 bridgehead atoms. The number of urea groups is 1. The van der Waals surface area contributed by atoms with Gasteiger partial charge in [0.25, 0.3) is 11.8 Å². The highest BCUT2D eigenvalue weighted by Crippen LogP contribution is 2.16. The van der Waals surface area contributed by atoms with Gasteiger partial charge in [0, 0.05) is 11.0 Å². The molecule has 0 aromatic heterocycles. The van der Waals surface area contributed by atoms with E-state index in [9.17, 15) is 14.4 Å². The zero-order chi connectivity index (χ0) is 14.7. The molecule has 0 atom stereocenters. The first-order valence-electron chi connectivity index (χ1n) is 5.78. The third-order valence-corrected chi connectivity index (χ3v) is 3.21. The molecular weight excluding hydrogens is 324 g/mol. The summed E-state index contributed by atoms with van der Waals surface area (Å²) >= 11 is 3.30. The second kappa shape index (κ2) is 5.83. The number of barbiturate groups is 1. The Kier molecular flexibility index (Phi) is 4.14. The molecule has 5 nitrogen and oxygen atoms in total. The van der Waals surface area contributed by atoms with E-state index in [2.05, 4.69) is 27.8 Å². The van der Waals surface area contributed by atoms with Crippen LogP contribution in [0.15, 0.2) is 47.0 Å². The summed E-state index contributed by atoms with van der Waals surface area (Å²) in [6.45, 7) is 3.53. The number of benzene rings is 1. The van der Waals surface area contributed by atoms with Gasteiger partial charge in [0.1, 0.15) is 5.57 Å². The summed E-state index contributed by atoms with van der Waals surface area (Å²) in [7, 11) is 0. The molecule has 0 unspecified atom stereocenters. The van der Waals surface area contributed by atoms with E-state index < -0.39 is 17.8 Å². The number of amides is 4. The van der Waals surface area contributed by atoms with Gasteiger partial charge >= 0.3 is 6.03 Å². The lowest BCUT2D eigenvalue weighted by molar-refractivity contribution is -0.129. The zero-order valence-electron chi connectivity index (χ0n) is 10.4. The van der Waals surface area contributed by atoms with Gasteiger partial charge in [0.05, 0.1) is 0 Å². The van der Waals surface area contributed by atoms with Crippen LogP contribution in [0, 0.1) is 0 Å². The maximum atomic E-state index is 12.1. The second-order valence-electron chi connectivity index (χ2n) is 4.07. The fourth-order valence-corrected chi connectivity index (χ4v) is 1.98. The van der Waals surface area contributed by atoms with Gasteiger partial charge in [-0.1, -0.05) is 34.1 Å². The summed E-state index contributed by atoms with van der Waals surface area (Å²) in [6.07, 6.45) is 2.87. The van der Waals surface area contributed by atoms with Gasteiger partial charge in [-0.25, -0.2) is 4.79 Å². The number of nitrogens with zero attached hydrogens (tertiary/aromatic N) is 1. The number of carbonyl (C=O) groups excluding carboxylic acids is 3. The van der Waals surface area contributed by atoms with Crippen molar-refractivity contribution in [2.45, 2.75) is 0 Å². The summed E-state index contributed by atoms with van der Waals surface area (Å²) in [5.74, 6) is -1.32. The van der Waals surface area contributed by atoms with Crippen molar-refractivity contribution in [1.29, 1.82) is 0 Å². The zero-order valence-corrected chi connectivity index (χ0v) is 12.0. The van der Waals surface area contributed by atoms with Crippen LogP contribution in [-0.4, -0.2) is 29.3 Å². The molecule has 2 rings (SSSR count). The monoisotopic (exact) mass is 334 g/mol. The fourth-order valence-electron chi connectivity index (χ4n) is 1.71. The molecule has 4 amide bonds. The summed E-state index contributed by atoms with van der Waals surface area (Å²) < 4.78 is 0.891. The lowest BCUT2D eigenvalue weighted by Crippen LogP contribution is -2.54. The van der Waals surface area contributed by atoms with Gasteiger partial charge in [-0.05, 0) is 23.8 Å². The average Bonchev–Trinajstić information content (AvgIpc) is 2.41. The molecular formula is C14H11BrN2O3. The molecule has 0 aliphatic carbocycles. The van der Waals surface area contributed by atoms with Crippen LogP contribution in [0.1, 0.15) is 5.56 Å². The first kappa shape index (κ1) is 14.2. The molecule has 0 saturated carbocycles. The Bertz CT molecular complexity index is 620. The SMILES string of the molecule is C=CCN1C(=O)NC(=O)/C(=C\c2ccc(Br)cc2)C1=O. The van der Waals surface area contributed by atoms with Gasteiger partial charge < -0.3 is 0 Å². The molecule has 0 spiro atoms. The van der Waals surface area contributed by atoms with E-state index in [4.69, 9.17) is 0 Å². The largest absolute Gasteiger partial charge is 0.331 e. The Labute approximate surface area is 124 Å². The molecule has 1 aliphatic rings. The van der Waals surface area contributed by atoms with Crippen LogP contribution in [0.2, 0.25) is 0 Å². The highest BCUT2D eigenvalue weighted by molar-refractivity contribution is 9.10. The Morgan fingerprint density at radius 1 is 1.20 bits per heavy atom. The molecule has 0 radical (unpaired) electrons. The molecule has 1 fully saturated rings. The first-order valence-corrected chi connectivity index (χ1v) is 6.57. The van der Waals surface area contributed by atoms with Crippen molar-refractivity contribution in [2.75, 3.05) is 6.54 Å². The minimum Gasteiger partial charge on any atom is -0.273 e. The number of rotatable bonds is 3. The van der Waals surface area contributed by atoms with Crippen LogP contribution in [0.3, 0.4) is 0 Å². The smallest absolute Gasteiger partial charge is 0.273 e. The van der Waals surface area contributed by atoms with Crippen molar-refractivity contribution in [1.82, 2.24) is 10.2 Å². The molecule has 102 valence electrons. The van der Waals surface area contributed by atoms with Crippen molar-refractivity contribution >= 4 is 39.9 Å². The quantitative estimate of drug-likeness (QED) is 0.523. The summed E-state index contributed by atoms with van der Waals surface area (Å²) in [5, 5.41) is 2.13. The van der Waals surface area contributed by atoms with Crippen molar-refractivity contribution in [3.05, 3.63) is 52.5 Å². The summed E-state index contributed by atoms with van der Waals surface area (Å²) in [4.78, 5) is 36.3. The predicted octanol–water partition coefficient (Wildman–Crippen LogP) is 2.10. The van der Waals surface area contributed by atoms with E-state index in [1.165, 1.54) is 12.2 Å². The van der Waals surface area contributed by atoms with E-state index in [1.807, 2.05) is 0 Å². The molecule has 1 heterocycles. The number of hydrogen-bond donors (Lipinski definition) is 1. The van der Waals surface area contributed by atoms with Crippen LogP contribution in [-0.2, 0) is 9.59 Å². The Balaban J connectivity index is 2.36. The minimum atomic E-state index is -0.729. The molecule has 1 aliphatic heterocycles. The Morgan fingerprint density at radius 3 is 2.45 bits per heavy atom. The highest BCUT2D eigenvalue weighted by atomic mass is 79.9. The lowest BCUT2D eigenvalue weighted by atomic mass is 10.1. The van der Waals surface area contributed by atoms with E-state index in [0.717, 1.165) is 9.37 Å². The van der Waals surface area contributed by atoms with Crippen molar-refractivity contribution < 1.29 is 14.4 Å². The molecule has 6 heteroatoms. The standard InChI is InChI=1S/C14H11BrN2O3/c1-2-7-17-13(19)11(12(18)16-14(17)20)8-9-3-5-10(15)6-4-9/h2-6,8H,1,7H2,(H,16,18,20)/b11-8+. The molecule has 1 saturated heterocycles. The minimum absolute atomic E-state index is 0.0512. The molecule has 1 N–H and O–H groups in total. The van der Waals surface area contributed by atoms with Gasteiger partial charge in [-0.3, -0.25) is 19.8 Å². The van der Waals surface area contributed by atoms with Crippen molar-refractivity contribution in [3.63, 3.8) is 0 Å². The van der Waals surface area contributed by atoms with Crippen LogP contribution in [0.5, 0.6) is 0 Å². The number of imide groups is 2. The average molecular weight is 335 g/mol. The topological polar surface area (TPSA) is 66.5 Å². The fraction of sp³-hybridized carbons (Fsp3) is 0.0714. The summed E-state index contributed by atoms with van der Waals surface area (Å²) in [5.41, 5.74) is 0.619. The van der Waals surface area contributed by atoms with Crippen LogP contribution < -0.4 is 5.32 Å². The maximum Gasteiger partial charge on any atom is 0.331 e. The molecule has 20 heavy (non-hydrogen) atoms. The van der Waals surface area contributed by atoms with Crippen LogP contribution in [0.25, 0.3) is 6.08 Å². The summed E-state index contributed by atoms with van der Waals surface area (Å²) in [6, 6.07) is 6.37. The number of carbonyl (C=O) groups is 3. The van der Waals surface area contributed by atoms with Gasteiger partial charge in [0.15, 0.2) is 0 Å². The van der Waals surface area contributed by atoms with Crippen LogP contribution >= 0.6 is 15.9 Å². The lowest BCUT2D eigenvalue weighted by Gasteiger charge is -2.25. The van der Waals surface area contributed by atoms with Crippen molar-refractivity contribution in [2.24, 2.45) is 0 Å². The van der Waals surface area contributed by atoms with E-state index in [-0.39, 0.29) is 12.1 Å². The van der Waals surface area contributed by atoms with Gasteiger partial charge in [-0.2, -0.15) is 0 Å². The number of nitrogens with one attached hydrogen (secondary N) is 1. The molecule has 1 aromatic carbocycles. The molecule has 1 aromatic rings. The predicted molar refractivity (Wildman–Crippen MR) is 77.6 cm³/mol. The van der Waals surface area contributed by atoms with E-state index >= 15 is 0 Å². The van der Waals surface area contributed by atoms with Crippen molar-refractivity contribution in [3.8, 4) is 0 Å². The third-order valence-electron chi connectivity index (χ3n) is 2.68. The van der Waals surface area contributed by atoms with E-state index in [0.29, 0.717) is 5.56 Å².